The number of carboxylic acid groups (broad SMARTS) is 1. The number of carbonyl (C=O) groups is 1. The van der Waals surface area contributed by atoms with Crippen LogP contribution in [0.5, 0.6) is 0 Å². The summed E-state index contributed by atoms with van der Waals surface area (Å²) in [5, 5.41) is 13.0. The number of rotatable bonds is 4. The third-order valence-corrected chi connectivity index (χ3v) is 4.53. The van der Waals surface area contributed by atoms with Gasteiger partial charge in [0, 0.05) is 16.0 Å². The van der Waals surface area contributed by atoms with Gasteiger partial charge in [-0.1, -0.05) is 29.8 Å². The van der Waals surface area contributed by atoms with Crippen LogP contribution < -0.4 is 0 Å². The highest BCUT2D eigenvalue weighted by atomic mass is 32.1. The second-order valence-electron chi connectivity index (χ2n) is 5.28. The fourth-order valence-electron chi connectivity index (χ4n) is 2.44. The molecule has 0 aliphatic rings. The van der Waals surface area contributed by atoms with E-state index in [1.165, 1.54) is 27.8 Å². The number of thiophene rings is 1. The average molecular weight is 312 g/mol. The second-order valence-corrected chi connectivity index (χ2v) is 6.62. The molecule has 2 aromatic heterocycles. The van der Waals surface area contributed by atoms with E-state index in [2.05, 4.69) is 49.3 Å². The molecule has 3 rings (SSSR count). The van der Waals surface area contributed by atoms with Crippen molar-refractivity contribution in [1.29, 1.82) is 0 Å². The van der Waals surface area contributed by atoms with Crippen molar-refractivity contribution in [1.82, 2.24) is 9.78 Å². The maximum absolute atomic E-state index is 10.9. The average Bonchev–Trinajstić information content (AvgIpc) is 3.06. The van der Waals surface area contributed by atoms with Gasteiger partial charge in [-0.25, -0.2) is 4.79 Å². The van der Waals surface area contributed by atoms with E-state index in [4.69, 9.17) is 5.11 Å². The van der Waals surface area contributed by atoms with Crippen molar-refractivity contribution < 1.29 is 9.90 Å². The summed E-state index contributed by atoms with van der Waals surface area (Å²) in [7, 11) is 0. The molecule has 1 aromatic carbocycles. The number of aromatic carboxylic acids is 1. The molecule has 0 spiro atoms. The molecular weight excluding hydrogens is 296 g/mol. The zero-order valence-electron chi connectivity index (χ0n) is 12.4. The molecule has 3 aromatic rings. The van der Waals surface area contributed by atoms with Crippen molar-refractivity contribution in [3.05, 3.63) is 63.6 Å². The first-order chi connectivity index (χ1) is 10.5. The Morgan fingerprint density at radius 1 is 1.32 bits per heavy atom. The minimum Gasteiger partial charge on any atom is -0.478 e. The lowest BCUT2D eigenvalue weighted by Crippen LogP contribution is -1.98. The van der Waals surface area contributed by atoms with E-state index in [0.29, 0.717) is 6.54 Å². The molecule has 2 heterocycles. The van der Waals surface area contributed by atoms with Crippen LogP contribution in [-0.2, 0) is 6.54 Å². The molecule has 0 bridgehead atoms. The highest BCUT2D eigenvalue weighted by Crippen LogP contribution is 2.31. The predicted molar refractivity (Wildman–Crippen MR) is 87.5 cm³/mol. The van der Waals surface area contributed by atoms with E-state index in [-0.39, 0.29) is 5.56 Å². The van der Waals surface area contributed by atoms with E-state index in [9.17, 15) is 4.79 Å². The fourth-order valence-corrected chi connectivity index (χ4v) is 3.49. The molecule has 0 saturated carbocycles. The summed E-state index contributed by atoms with van der Waals surface area (Å²) in [4.78, 5) is 13.3. The van der Waals surface area contributed by atoms with Gasteiger partial charge in [0.1, 0.15) is 0 Å². The van der Waals surface area contributed by atoms with Crippen molar-refractivity contribution in [3.8, 4) is 11.1 Å². The smallest absolute Gasteiger partial charge is 0.338 e. The van der Waals surface area contributed by atoms with Crippen LogP contribution in [-0.4, -0.2) is 20.9 Å². The molecule has 22 heavy (non-hydrogen) atoms. The van der Waals surface area contributed by atoms with Crippen molar-refractivity contribution in [3.63, 3.8) is 0 Å². The first-order valence-electron chi connectivity index (χ1n) is 6.95. The summed E-state index contributed by atoms with van der Waals surface area (Å²) >= 11 is 1.72. The lowest BCUT2D eigenvalue weighted by molar-refractivity contribution is 0.0697. The normalized spacial score (nSPS) is 10.8. The Morgan fingerprint density at radius 2 is 2.14 bits per heavy atom. The van der Waals surface area contributed by atoms with E-state index < -0.39 is 5.97 Å². The van der Waals surface area contributed by atoms with Gasteiger partial charge in [0.25, 0.3) is 0 Å². The van der Waals surface area contributed by atoms with Gasteiger partial charge < -0.3 is 5.11 Å². The molecular formula is C17H16N2O2S. The third-order valence-electron chi connectivity index (χ3n) is 3.50. The summed E-state index contributed by atoms with van der Waals surface area (Å²) in [5.41, 5.74) is 3.90. The number of hydrogen-bond acceptors (Lipinski definition) is 3. The molecule has 0 amide bonds. The first-order valence-corrected chi connectivity index (χ1v) is 7.76. The van der Waals surface area contributed by atoms with Gasteiger partial charge in [0.15, 0.2) is 0 Å². The summed E-state index contributed by atoms with van der Waals surface area (Å²) < 4.78 is 1.66. The van der Waals surface area contributed by atoms with Gasteiger partial charge in [0.05, 0.1) is 18.3 Å². The molecule has 0 aliphatic heterocycles. The van der Waals surface area contributed by atoms with Crippen molar-refractivity contribution in [2.45, 2.75) is 20.4 Å². The SMILES string of the molecule is Cc1cccc(-c2cc(Cn3cc(C(=O)O)cn3)sc2C)c1. The number of benzene rings is 1. The lowest BCUT2D eigenvalue weighted by Gasteiger charge is -2.01. The first kappa shape index (κ1) is 14.5. The monoisotopic (exact) mass is 312 g/mol. The Kier molecular flexibility index (Phi) is 3.81. The molecule has 4 nitrogen and oxygen atoms in total. The molecule has 0 saturated heterocycles. The van der Waals surface area contributed by atoms with Crippen molar-refractivity contribution in [2.75, 3.05) is 0 Å². The number of aryl methyl sites for hydroxylation is 2. The number of carboxylic acids is 1. The lowest BCUT2D eigenvalue weighted by atomic mass is 10.0. The van der Waals surface area contributed by atoms with Crippen LogP contribution >= 0.6 is 11.3 Å². The molecule has 0 fully saturated rings. The summed E-state index contributed by atoms with van der Waals surface area (Å²) in [6, 6.07) is 10.6. The topological polar surface area (TPSA) is 55.1 Å². The minimum atomic E-state index is -0.950. The number of hydrogen-bond donors (Lipinski definition) is 1. The van der Waals surface area contributed by atoms with Crippen LogP contribution in [0, 0.1) is 13.8 Å². The van der Waals surface area contributed by atoms with E-state index in [1.54, 1.807) is 22.2 Å². The van der Waals surface area contributed by atoms with Gasteiger partial charge in [-0.05, 0) is 31.0 Å². The standard InChI is InChI=1S/C17H16N2O2S/c1-11-4-3-5-13(6-11)16-7-15(22-12(16)2)10-19-9-14(8-18-19)17(20)21/h3-9H,10H2,1-2H3,(H,20,21). The van der Waals surface area contributed by atoms with Crippen LogP contribution in [0.15, 0.2) is 42.7 Å². The van der Waals surface area contributed by atoms with Crippen LogP contribution in [0.3, 0.4) is 0 Å². The van der Waals surface area contributed by atoms with E-state index in [1.807, 2.05) is 0 Å². The molecule has 5 heteroatoms. The molecule has 0 atom stereocenters. The zero-order valence-corrected chi connectivity index (χ0v) is 13.2. The van der Waals surface area contributed by atoms with Crippen molar-refractivity contribution in [2.24, 2.45) is 0 Å². The summed E-state index contributed by atoms with van der Waals surface area (Å²) in [5.74, 6) is -0.950. The molecule has 0 aliphatic carbocycles. The van der Waals surface area contributed by atoms with Crippen LogP contribution in [0.4, 0.5) is 0 Å². The zero-order chi connectivity index (χ0) is 15.7. The minimum absolute atomic E-state index is 0.215. The fraction of sp³-hybridized carbons (Fsp3) is 0.176. The van der Waals surface area contributed by atoms with Gasteiger partial charge in [-0.15, -0.1) is 11.3 Å². The molecule has 0 unspecified atom stereocenters. The Balaban J connectivity index is 1.87. The van der Waals surface area contributed by atoms with Gasteiger partial charge in [-0.2, -0.15) is 5.10 Å². The Labute approximate surface area is 132 Å². The van der Waals surface area contributed by atoms with E-state index in [0.717, 1.165) is 4.88 Å². The molecule has 112 valence electrons. The maximum Gasteiger partial charge on any atom is 0.338 e. The van der Waals surface area contributed by atoms with Crippen LogP contribution in [0.1, 0.15) is 25.7 Å². The Hall–Kier alpha value is -2.40. The Morgan fingerprint density at radius 3 is 2.82 bits per heavy atom. The highest BCUT2D eigenvalue weighted by molar-refractivity contribution is 7.12. The predicted octanol–water partition coefficient (Wildman–Crippen LogP) is 3.97. The highest BCUT2D eigenvalue weighted by Gasteiger charge is 2.10. The third kappa shape index (κ3) is 2.94. The van der Waals surface area contributed by atoms with Crippen LogP contribution in [0.25, 0.3) is 11.1 Å². The van der Waals surface area contributed by atoms with Gasteiger partial charge in [-0.3, -0.25) is 4.68 Å². The van der Waals surface area contributed by atoms with E-state index >= 15 is 0 Å². The van der Waals surface area contributed by atoms with Gasteiger partial charge in [0.2, 0.25) is 0 Å². The largest absolute Gasteiger partial charge is 0.478 e. The number of aromatic nitrogens is 2. The Bertz CT molecular complexity index is 833. The summed E-state index contributed by atoms with van der Waals surface area (Å²) in [6.45, 7) is 4.78. The quantitative estimate of drug-likeness (QED) is 0.793. The maximum atomic E-state index is 10.9. The molecule has 0 radical (unpaired) electrons. The number of nitrogens with zero attached hydrogens (tertiary/aromatic N) is 2. The van der Waals surface area contributed by atoms with Crippen LogP contribution in [0.2, 0.25) is 0 Å². The molecule has 1 N–H and O–H groups in total. The second kappa shape index (κ2) is 5.77. The van der Waals surface area contributed by atoms with Crippen molar-refractivity contribution >= 4 is 17.3 Å². The summed E-state index contributed by atoms with van der Waals surface area (Å²) in [6.07, 6.45) is 2.94. The van der Waals surface area contributed by atoms with Gasteiger partial charge >= 0.3 is 5.97 Å².